The zero-order valence-corrected chi connectivity index (χ0v) is 17.2. The number of carbonyl (C=O) groups excluding carboxylic acids is 1. The van der Waals surface area contributed by atoms with Gasteiger partial charge in [0, 0.05) is 24.1 Å². The molecule has 4 rings (SSSR count). The molecule has 1 amide bonds. The van der Waals surface area contributed by atoms with Crippen LogP contribution in [0.2, 0.25) is 5.02 Å². The molecule has 0 radical (unpaired) electrons. The third-order valence-corrected chi connectivity index (χ3v) is 5.08. The van der Waals surface area contributed by atoms with Crippen molar-refractivity contribution in [3.63, 3.8) is 0 Å². The molecule has 0 saturated heterocycles. The molecule has 3 aromatic carbocycles. The van der Waals surface area contributed by atoms with Crippen LogP contribution in [0.4, 0.5) is 0 Å². The van der Waals surface area contributed by atoms with Gasteiger partial charge in [-0.3, -0.25) is 4.79 Å². The average Bonchev–Trinajstić information content (AvgIpc) is 3.19. The van der Waals surface area contributed by atoms with Crippen LogP contribution >= 0.6 is 11.6 Å². The number of oxazole rings is 1. The Morgan fingerprint density at radius 1 is 1.07 bits per heavy atom. The van der Waals surface area contributed by atoms with E-state index in [4.69, 9.17) is 20.8 Å². The first-order chi connectivity index (χ1) is 14.6. The third-order valence-electron chi connectivity index (χ3n) is 4.83. The SMILES string of the molecule is COCCc1nc2ccc(C(=O)NC(c3ccccc3)c3ccc(Cl)cc3)cc2o1. The minimum Gasteiger partial charge on any atom is -0.441 e. The fraction of sp³-hybridized carbons (Fsp3) is 0.167. The Morgan fingerprint density at radius 2 is 1.80 bits per heavy atom. The van der Waals surface area contributed by atoms with Crippen LogP contribution < -0.4 is 5.32 Å². The topological polar surface area (TPSA) is 64.4 Å². The van der Waals surface area contributed by atoms with Gasteiger partial charge in [0.2, 0.25) is 0 Å². The van der Waals surface area contributed by atoms with Crippen molar-refractivity contribution in [2.45, 2.75) is 12.5 Å². The Bertz CT molecular complexity index is 1140. The van der Waals surface area contributed by atoms with Gasteiger partial charge in [-0.25, -0.2) is 4.98 Å². The van der Waals surface area contributed by atoms with E-state index in [2.05, 4.69) is 10.3 Å². The van der Waals surface area contributed by atoms with Gasteiger partial charge in [-0.1, -0.05) is 54.1 Å². The fourth-order valence-corrected chi connectivity index (χ4v) is 3.41. The van der Waals surface area contributed by atoms with E-state index in [-0.39, 0.29) is 11.9 Å². The van der Waals surface area contributed by atoms with E-state index in [1.54, 1.807) is 25.3 Å². The summed E-state index contributed by atoms with van der Waals surface area (Å²) in [7, 11) is 1.63. The molecule has 0 bridgehead atoms. The molecule has 0 spiro atoms. The highest BCUT2D eigenvalue weighted by Crippen LogP contribution is 2.25. The molecule has 1 aromatic heterocycles. The molecule has 0 aliphatic rings. The largest absolute Gasteiger partial charge is 0.441 e. The molecule has 0 aliphatic carbocycles. The highest BCUT2D eigenvalue weighted by molar-refractivity contribution is 6.30. The van der Waals surface area contributed by atoms with Crippen LogP contribution in [-0.2, 0) is 11.2 Å². The van der Waals surface area contributed by atoms with Crippen LogP contribution in [0.25, 0.3) is 11.1 Å². The van der Waals surface area contributed by atoms with Crippen molar-refractivity contribution in [2.75, 3.05) is 13.7 Å². The summed E-state index contributed by atoms with van der Waals surface area (Å²) in [5, 5.41) is 3.78. The van der Waals surface area contributed by atoms with Gasteiger partial charge in [0.15, 0.2) is 11.5 Å². The van der Waals surface area contributed by atoms with Crippen molar-refractivity contribution in [1.82, 2.24) is 10.3 Å². The van der Waals surface area contributed by atoms with Crippen LogP contribution in [0.15, 0.2) is 77.2 Å². The molecule has 1 atom stereocenters. The molecule has 0 aliphatic heterocycles. The lowest BCUT2D eigenvalue weighted by molar-refractivity contribution is 0.0943. The quantitative estimate of drug-likeness (QED) is 0.447. The van der Waals surface area contributed by atoms with Gasteiger partial charge in [0.25, 0.3) is 5.91 Å². The number of rotatable bonds is 7. The number of carbonyl (C=O) groups is 1. The summed E-state index contributed by atoms with van der Waals surface area (Å²) in [6, 6.07) is 22.3. The lowest BCUT2D eigenvalue weighted by Gasteiger charge is -2.20. The molecule has 4 aromatic rings. The number of nitrogens with one attached hydrogen (secondary N) is 1. The number of halogens is 1. The van der Waals surface area contributed by atoms with Crippen LogP contribution in [0.1, 0.15) is 33.4 Å². The monoisotopic (exact) mass is 420 g/mol. The number of aromatic nitrogens is 1. The summed E-state index contributed by atoms with van der Waals surface area (Å²) in [6.45, 7) is 0.528. The average molecular weight is 421 g/mol. The number of ether oxygens (including phenoxy) is 1. The summed E-state index contributed by atoms with van der Waals surface area (Å²) < 4.78 is 10.8. The van der Waals surface area contributed by atoms with E-state index >= 15 is 0 Å². The lowest BCUT2D eigenvalue weighted by Crippen LogP contribution is -2.29. The molecule has 30 heavy (non-hydrogen) atoms. The highest BCUT2D eigenvalue weighted by Gasteiger charge is 2.19. The van der Waals surface area contributed by atoms with Gasteiger partial charge in [0.05, 0.1) is 12.6 Å². The second kappa shape index (κ2) is 9.11. The van der Waals surface area contributed by atoms with Crippen molar-refractivity contribution < 1.29 is 13.9 Å². The molecule has 5 nitrogen and oxygen atoms in total. The maximum atomic E-state index is 13.1. The van der Waals surface area contributed by atoms with Gasteiger partial charge in [0.1, 0.15) is 5.52 Å². The van der Waals surface area contributed by atoms with Crippen LogP contribution in [0.3, 0.4) is 0 Å². The van der Waals surface area contributed by atoms with Gasteiger partial charge in [-0.05, 0) is 41.5 Å². The number of fused-ring (bicyclic) bond motifs is 1. The fourth-order valence-electron chi connectivity index (χ4n) is 3.28. The lowest BCUT2D eigenvalue weighted by atomic mass is 9.98. The van der Waals surface area contributed by atoms with Crippen molar-refractivity contribution in [2.24, 2.45) is 0 Å². The first-order valence-electron chi connectivity index (χ1n) is 9.64. The summed E-state index contributed by atoms with van der Waals surface area (Å²) in [4.78, 5) is 17.5. The third kappa shape index (κ3) is 4.53. The Kier molecular flexibility index (Phi) is 6.12. The maximum Gasteiger partial charge on any atom is 0.252 e. The van der Waals surface area contributed by atoms with E-state index in [0.717, 1.165) is 16.6 Å². The molecule has 0 fully saturated rings. The number of hydrogen-bond donors (Lipinski definition) is 1. The van der Waals surface area contributed by atoms with Gasteiger partial charge in [-0.2, -0.15) is 0 Å². The van der Waals surface area contributed by atoms with Crippen molar-refractivity contribution in [1.29, 1.82) is 0 Å². The van der Waals surface area contributed by atoms with E-state index in [9.17, 15) is 4.79 Å². The van der Waals surface area contributed by atoms with Crippen molar-refractivity contribution >= 4 is 28.6 Å². The maximum absolute atomic E-state index is 13.1. The first kappa shape index (κ1) is 20.1. The Balaban J connectivity index is 1.61. The molecule has 0 saturated carbocycles. The van der Waals surface area contributed by atoms with Crippen LogP contribution in [0.5, 0.6) is 0 Å². The van der Waals surface area contributed by atoms with Crippen molar-refractivity contribution in [3.05, 3.63) is 100 Å². The first-order valence-corrected chi connectivity index (χ1v) is 10.0. The minimum atomic E-state index is -0.307. The Morgan fingerprint density at radius 3 is 2.53 bits per heavy atom. The molecule has 6 heteroatoms. The second-order valence-electron chi connectivity index (χ2n) is 6.90. The Labute approximate surface area is 179 Å². The number of hydrogen-bond acceptors (Lipinski definition) is 4. The number of amides is 1. The molecule has 1 unspecified atom stereocenters. The van der Waals surface area contributed by atoms with Crippen LogP contribution in [-0.4, -0.2) is 24.6 Å². The zero-order valence-electron chi connectivity index (χ0n) is 16.5. The molecule has 1 heterocycles. The predicted molar refractivity (Wildman–Crippen MR) is 117 cm³/mol. The molecular weight excluding hydrogens is 400 g/mol. The van der Waals surface area contributed by atoms with Gasteiger partial charge >= 0.3 is 0 Å². The number of benzene rings is 3. The molecular formula is C24H21ClN2O3. The van der Waals surface area contributed by atoms with E-state index in [1.165, 1.54) is 0 Å². The highest BCUT2D eigenvalue weighted by atomic mass is 35.5. The normalized spacial score (nSPS) is 12.1. The van der Waals surface area contributed by atoms with E-state index in [1.807, 2.05) is 54.6 Å². The van der Waals surface area contributed by atoms with Crippen LogP contribution in [0, 0.1) is 0 Å². The van der Waals surface area contributed by atoms with E-state index in [0.29, 0.717) is 35.1 Å². The number of nitrogens with zero attached hydrogens (tertiary/aromatic N) is 1. The summed E-state index contributed by atoms with van der Waals surface area (Å²) in [5.41, 5.74) is 3.73. The molecule has 1 N–H and O–H groups in total. The predicted octanol–water partition coefficient (Wildman–Crippen LogP) is 5.19. The second-order valence-corrected chi connectivity index (χ2v) is 7.34. The summed E-state index contributed by atoms with van der Waals surface area (Å²) in [6.07, 6.45) is 0.583. The smallest absolute Gasteiger partial charge is 0.252 e. The van der Waals surface area contributed by atoms with Gasteiger partial charge < -0.3 is 14.5 Å². The number of methoxy groups -OCH3 is 1. The summed E-state index contributed by atoms with van der Waals surface area (Å²) >= 11 is 6.04. The summed E-state index contributed by atoms with van der Waals surface area (Å²) in [5.74, 6) is 0.392. The standard InChI is InChI=1S/C24H21ClN2O3/c1-29-14-13-22-26-20-12-9-18(15-21(20)30-22)24(28)27-23(16-5-3-2-4-6-16)17-7-10-19(25)11-8-17/h2-12,15,23H,13-14H2,1H3,(H,27,28). The minimum absolute atomic E-state index is 0.199. The molecule has 152 valence electrons. The Hall–Kier alpha value is -3.15. The van der Waals surface area contributed by atoms with Crippen molar-refractivity contribution in [3.8, 4) is 0 Å². The van der Waals surface area contributed by atoms with Gasteiger partial charge in [-0.15, -0.1) is 0 Å². The van der Waals surface area contributed by atoms with E-state index < -0.39 is 0 Å². The zero-order chi connectivity index (χ0) is 20.9.